The summed E-state index contributed by atoms with van der Waals surface area (Å²) in [5.74, 6) is 0.776. The number of hydrogen-bond acceptors (Lipinski definition) is 4. The lowest BCUT2D eigenvalue weighted by Gasteiger charge is -2.12. The Balaban J connectivity index is 1.75. The van der Waals surface area contributed by atoms with E-state index in [1.54, 1.807) is 30.5 Å². The predicted molar refractivity (Wildman–Crippen MR) is 100.0 cm³/mol. The maximum absolute atomic E-state index is 13.7. The van der Waals surface area contributed by atoms with Crippen LogP contribution in [0.1, 0.15) is 16.7 Å². The van der Waals surface area contributed by atoms with Crippen molar-refractivity contribution in [3.63, 3.8) is 0 Å². The Morgan fingerprint density at radius 3 is 2.68 bits per heavy atom. The molecule has 1 aromatic heterocycles. The average Bonchev–Trinajstić information content (AvgIpc) is 2.58. The summed E-state index contributed by atoms with van der Waals surface area (Å²) in [5, 5.41) is 6.87. The van der Waals surface area contributed by atoms with Crippen LogP contribution in [-0.4, -0.2) is 9.97 Å². The second-order valence-electron chi connectivity index (χ2n) is 5.77. The standard InChI is InChI=1S/C19H18ClFN4/c1-12-9-13(2)18(15(20)10-12)25-19-22-8-7-17(24-19)23-11-14-5-3-4-6-16(14)21/h3-10H,11H2,1-2H3,(H2,22,23,24,25). The first kappa shape index (κ1) is 17.2. The largest absolute Gasteiger partial charge is 0.366 e. The number of anilines is 3. The third-order valence-corrected chi connectivity index (χ3v) is 4.04. The summed E-state index contributed by atoms with van der Waals surface area (Å²) in [6, 6.07) is 12.3. The maximum Gasteiger partial charge on any atom is 0.229 e. The molecule has 2 aromatic carbocycles. The molecule has 3 aromatic rings. The van der Waals surface area contributed by atoms with Gasteiger partial charge in [0, 0.05) is 18.3 Å². The number of nitrogens with zero attached hydrogens (tertiary/aromatic N) is 2. The van der Waals surface area contributed by atoms with Crippen molar-refractivity contribution in [3.8, 4) is 0 Å². The number of benzene rings is 2. The zero-order valence-corrected chi connectivity index (χ0v) is 14.7. The van der Waals surface area contributed by atoms with Crippen molar-refractivity contribution in [2.24, 2.45) is 0 Å². The van der Waals surface area contributed by atoms with E-state index in [0.29, 0.717) is 28.9 Å². The van der Waals surface area contributed by atoms with Crippen LogP contribution in [0, 0.1) is 19.7 Å². The first-order valence-electron chi connectivity index (χ1n) is 7.87. The van der Waals surface area contributed by atoms with E-state index >= 15 is 0 Å². The van der Waals surface area contributed by atoms with E-state index in [2.05, 4.69) is 20.6 Å². The molecule has 2 N–H and O–H groups in total. The van der Waals surface area contributed by atoms with E-state index < -0.39 is 0 Å². The Bertz CT molecular complexity index is 875. The second-order valence-corrected chi connectivity index (χ2v) is 6.18. The summed E-state index contributed by atoms with van der Waals surface area (Å²) in [6.45, 7) is 4.31. The van der Waals surface area contributed by atoms with Crippen molar-refractivity contribution < 1.29 is 4.39 Å². The molecule has 0 aliphatic rings. The Morgan fingerprint density at radius 2 is 1.92 bits per heavy atom. The van der Waals surface area contributed by atoms with Gasteiger partial charge in [-0.3, -0.25) is 0 Å². The van der Waals surface area contributed by atoms with E-state index in [4.69, 9.17) is 11.6 Å². The molecule has 0 bridgehead atoms. The quantitative estimate of drug-likeness (QED) is 0.656. The van der Waals surface area contributed by atoms with E-state index in [9.17, 15) is 4.39 Å². The molecule has 0 spiro atoms. The van der Waals surface area contributed by atoms with E-state index in [1.807, 2.05) is 26.0 Å². The minimum Gasteiger partial charge on any atom is -0.366 e. The summed E-state index contributed by atoms with van der Waals surface area (Å²) in [6.07, 6.45) is 1.64. The van der Waals surface area contributed by atoms with Gasteiger partial charge in [0.2, 0.25) is 5.95 Å². The van der Waals surface area contributed by atoms with Crippen LogP contribution in [0.2, 0.25) is 5.02 Å². The number of aryl methyl sites for hydroxylation is 2. The zero-order valence-electron chi connectivity index (χ0n) is 14.0. The topological polar surface area (TPSA) is 49.8 Å². The third-order valence-electron chi connectivity index (χ3n) is 3.74. The van der Waals surface area contributed by atoms with E-state index in [0.717, 1.165) is 16.8 Å². The fourth-order valence-electron chi connectivity index (χ4n) is 2.53. The average molecular weight is 357 g/mol. The molecule has 128 valence electrons. The summed E-state index contributed by atoms with van der Waals surface area (Å²) in [4.78, 5) is 8.62. The highest BCUT2D eigenvalue weighted by Crippen LogP contribution is 2.29. The number of nitrogens with one attached hydrogen (secondary N) is 2. The Hall–Kier alpha value is -2.66. The van der Waals surface area contributed by atoms with Gasteiger partial charge in [0.1, 0.15) is 11.6 Å². The SMILES string of the molecule is Cc1cc(C)c(Nc2nccc(NCc3ccccc3F)n2)c(Cl)c1. The Labute approximate surface area is 151 Å². The van der Waals surface area contributed by atoms with Crippen molar-refractivity contribution in [1.29, 1.82) is 0 Å². The van der Waals surface area contributed by atoms with Gasteiger partial charge in [0.25, 0.3) is 0 Å². The lowest BCUT2D eigenvalue weighted by atomic mass is 10.1. The van der Waals surface area contributed by atoms with Crippen LogP contribution in [-0.2, 0) is 6.54 Å². The van der Waals surface area contributed by atoms with Crippen LogP contribution in [0.15, 0.2) is 48.7 Å². The molecule has 0 radical (unpaired) electrons. The number of halogens is 2. The van der Waals surface area contributed by atoms with Crippen molar-refractivity contribution in [2.45, 2.75) is 20.4 Å². The van der Waals surface area contributed by atoms with Crippen molar-refractivity contribution >= 4 is 29.1 Å². The van der Waals surface area contributed by atoms with Gasteiger partial charge in [0.05, 0.1) is 10.7 Å². The maximum atomic E-state index is 13.7. The summed E-state index contributed by atoms with van der Waals surface area (Å²) in [7, 11) is 0. The zero-order chi connectivity index (χ0) is 17.8. The molecular weight excluding hydrogens is 339 g/mol. The monoisotopic (exact) mass is 356 g/mol. The normalized spacial score (nSPS) is 10.6. The fraction of sp³-hybridized carbons (Fsp3) is 0.158. The molecule has 0 fully saturated rings. The molecule has 0 unspecified atom stereocenters. The van der Waals surface area contributed by atoms with Crippen molar-refractivity contribution in [1.82, 2.24) is 9.97 Å². The number of hydrogen-bond donors (Lipinski definition) is 2. The van der Waals surface area contributed by atoms with Crippen LogP contribution in [0.5, 0.6) is 0 Å². The van der Waals surface area contributed by atoms with Gasteiger partial charge in [-0.1, -0.05) is 35.9 Å². The molecular formula is C19H18ClFN4. The number of rotatable bonds is 5. The first-order valence-corrected chi connectivity index (χ1v) is 8.25. The van der Waals surface area contributed by atoms with Gasteiger partial charge in [-0.15, -0.1) is 0 Å². The third kappa shape index (κ3) is 4.25. The van der Waals surface area contributed by atoms with E-state index in [1.165, 1.54) is 6.07 Å². The van der Waals surface area contributed by atoms with Gasteiger partial charge in [-0.05, 0) is 43.2 Å². The highest BCUT2D eigenvalue weighted by molar-refractivity contribution is 6.33. The Kier molecular flexibility index (Phi) is 5.14. The molecule has 0 atom stereocenters. The van der Waals surface area contributed by atoms with Gasteiger partial charge in [-0.25, -0.2) is 9.37 Å². The lowest BCUT2D eigenvalue weighted by Crippen LogP contribution is -2.06. The van der Waals surface area contributed by atoms with Crippen LogP contribution < -0.4 is 10.6 Å². The van der Waals surface area contributed by atoms with Gasteiger partial charge >= 0.3 is 0 Å². The van der Waals surface area contributed by atoms with Crippen LogP contribution in [0.3, 0.4) is 0 Å². The molecule has 1 heterocycles. The Morgan fingerprint density at radius 1 is 1.12 bits per heavy atom. The molecule has 6 heteroatoms. The molecule has 0 saturated heterocycles. The second kappa shape index (κ2) is 7.49. The van der Waals surface area contributed by atoms with Crippen molar-refractivity contribution in [3.05, 3.63) is 76.2 Å². The molecule has 3 rings (SSSR count). The molecule has 0 aliphatic carbocycles. The fourth-order valence-corrected chi connectivity index (χ4v) is 2.90. The first-order chi connectivity index (χ1) is 12.0. The summed E-state index contributed by atoms with van der Waals surface area (Å²) >= 11 is 6.31. The molecule has 0 amide bonds. The lowest BCUT2D eigenvalue weighted by molar-refractivity contribution is 0.613. The van der Waals surface area contributed by atoms with E-state index in [-0.39, 0.29) is 5.82 Å². The predicted octanol–water partition coefficient (Wildman–Crippen LogP) is 5.24. The number of aromatic nitrogens is 2. The molecule has 0 saturated carbocycles. The minimum atomic E-state index is -0.246. The van der Waals surface area contributed by atoms with Gasteiger partial charge < -0.3 is 10.6 Å². The summed E-state index contributed by atoms with van der Waals surface area (Å²) < 4.78 is 13.7. The highest BCUT2D eigenvalue weighted by atomic mass is 35.5. The molecule has 0 aliphatic heterocycles. The smallest absolute Gasteiger partial charge is 0.229 e. The molecule has 25 heavy (non-hydrogen) atoms. The van der Waals surface area contributed by atoms with Gasteiger partial charge in [0.15, 0.2) is 0 Å². The summed E-state index contributed by atoms with van der Waals surface area (Å²) in [5.41, 5.74) is 3.46. The molecule has 4 nitrogen and oxygen atoms in total. The van der Waals surface area contributed by atoms with Crippen LogP contribution in [0.25, 0.3) is 0 Å². The van der Waals surface area contributed by atoms with Gasteiger partial charge in [-0.2, -0.15) is 4.98 Å². The van der Waals surface area contributed by atoms with Crippen molar-refractivity contribution in [2.75, 3.05) is 10.6 Å². The minimum absolute atomic E-state index is 0.246. The highest BCUT2D eigenvalue weighted by Gasteiger charge is 2.08. The van der Waals surface area contributed by atoms with Crippen LogP contribution >= 0.6 is 11.6 Å². The van der Waals surface area contributed by atoms with Crippen LogP contribution in [0.4, 0.5) is 21.8 Å².